The molecule has 2 saturated heterocycles. The molecule has 1 aromatic heterocycles. The summed E-state index contributed by atoms with van der Waals surface area (Å²) in [5, 5.41) is 20.6. The number of halogens is 6. The van der Waals surface area contributed by atoms with Crippen molar-refractivity contribution in [1.29, 1.82) is 0 Å². The van der Waals surface area contributed by atoms with Gasteiger partial charge in [-0.25, -0.2) is 4.98 Å². The number of carbonyl (C=O) groups is 1. The lowest BCUT2D eigenvalue weighted by Gasteiger charge is -2.36. The third-order valence-corrected chi connectivity index (χ3v) is 7.38. The second-order valence-electron chi connectivity index (χ2n) is 10.2. The number of amides is 1. The van der Waals surface area contributed by atoms with Crippen LogP contribution in [0.25, 0.3) is 0 Å². The number of hydrogen-bond acceptors (Lipinski definition) is 8. The first-order chi connectivity index (χ1) is 19.3. The maximum atomic E-state index is 13.3. The summed E-state index contributed by atoms with van der Waals surface area (Å²) >= 11 is 0. The fourth-order valence-corrected chi connectivity index (χ4v) is 5.12. The van der Waals surface area contributed by atoms with E-state index >= 15 is 0 Å². The standard InChI is InChI=1S/C26H32F6N6O3/c27-25(28,29)21-16-19(3-5-22(21)38(40)41)34-18-7-10-37(11-8-18)24(39)2-1-9-35-12-14-36(15-13-35)20-4-6-23(33-17-20)26(30,31)32/h3-6,16-18,34,40-41H,1-2,7-15H2. The van der Waals surface area contributed by atoms with Crippen molar-refractivity contribution in [3.63, 3.8) is 0 Å². The molecule has 2 fully saturated rings. The number of alkyl halides is 6. The number of pyridine rings is 1. The number of rotatable bonds is 8. The van der Waals surface area contributed by atoms with Gasteiger partial charge in [0.2, 0.25) is 5.91 Å². The van der Waals surface area contributed by atoms with Crippen molar-refractivity contribution in [2.24, 2.45) is 0 Å². The van der Waals surface area contributed by atoms with E-state index < -0.39 is 34.5 Å². The molecule has 0 radical (unpaired) electrons. The molecule has 226 valence electrons. The van der Waals surface area contributed by atoms with Crippen LogP contribution in [0.15, 0.2) is 36.5 Å². The fraction of sp³-hybridized carbons (Fsp3) is 0.538. The van der Waals surface area contributed by atoms with Crippen molar-refractivity contribution in [2.45, 2.75) is 44.1 Å². The molecule has 15 heteroatoms. The number of aromatic nitrogens is 1. The summed E-state index contributed by atoms with van der Waals surface area (Å²) in [7, 11) is 0. The highest BCUT2D eigenvalue weighted by Gasteiger charge is 2.36. The molecule has 1 aromatic carbocycles. The van der Waals surface area contributed by atoms with E-state index in [1.807, 2.05) is 4.90 Å². The molecular formula is C26H32F6N6O3. The molecule has 9 nitrogen and oxygen atoms in total. The van der Waals surface area contributed by atoms with Gasteiger partial charge in [-0.2, -0.15) is 26.3 Å². The second kappa shape index (κ2) is 12.7. The Morgan fingerprint density at radius 1 is 0.951 bits per heavy atom. The molecule has 4 rings (SSSR count). The van der Waals surface area contributed by atoms with E-state index in [0.717, 1.165) is 37.8 Å². The summed E-state index contributed by atoms with van der Waals surface area (Å²) in [4.78, 5) is 22.2. The van der Waals surface area contributed by atoms with Gasteiger partial charge in [0.15, 0.2) is 0 Å². The minimum absolute atomic E-state index is 0.0209. The monoisotopic (exact) mass is 590 g/mol. The van der Waals surface area contributed by atoms with Crippen LogP contribution >= 0.6 is 0 Å². The summed E-state index contributed by atoms with van der Waals surface area (Å²) in [5.41, 5.74) is -2.04. The van der Waals surface area contributed by atoms with Crippen LogP contribution in [0.5, 0.6) is 0 Å². The molecule has 0 aliphatic carbocycles. The first-order valence-corrected chi connectivity index (χ1v) is 13.3. The number of nitrogens with zero attached hydrogens (tertiary/aromatic N) is 5. The van der Waals surface area contributed by atoms with Crippen LogP contribution in [-0.4, -0.2) is 83.0 Å². The predicted octanol–water partition coefficient (Wildman–Crippen LogP) is 4.71. The number of hydrogen-bond donors (Lipinski definition) is 3. The van der Waals surface area contributed by atoms with E-state index in [4.69, 9.17) is 10.4 Å². The Balaban J connectivity index is 1.16. The van der Waals surface area contributed by atoms with Gasteiger partial charge in [-0.05, 0) is 56.1 Å². The zero-order valence-electron chi connectivity index (χ0n) is 22.1. The lowest BCUT2D eigenvalue weighted by Crippen LogP contribution is -2.47. The first-order valence-electron chi connectivity index (χ1n) is 13.3. The minimum Gasteiger partial charge on any atom is -0.382 e. The minimum atomic E-state index is -4.77. The number of carbonyl (C=O) groups excluding carboxylic acids is 1. The highest BCUT2D eigenvalue weighted by atomic mass is 19.4. The molecule has 0 saturated carbocycles. The van der Waals surface area contributed by atoms with Crippen LogP contribution in [0, 0.1) is 0 Å². The maximum absolute atomic E-state index is 13.3. The van der Waals surface area contributed by atoms with Gasteiger partial charge in [-0.3, -0.25) is 20.1 Å². The van der Waals surface area contributed by atoms with Crippen molar-refractivity contribution in [2.75, 3.05) is 61.3 Å². The van der Waals surface area contributed by atoms with E-state index in [0.29, 0.717) is 57.5 Å². The maximum Gasteiger partial charge on any atom is 0.433 e. The highest BCUT2D eigenvalue weighted by molar-refractivity contribution is 5.76. The zero-order valence-corrected chi connectivity index (χ0v) is 22.1. The molecule has 0 bridgehead atoms. The Hall–Kier alpha value is -3.30. The van der Waals surface area contributed by atoms with E-state index in [-0.39, 0.29) is 17.6 Å². The molecule has 2 aromatic rings. The molecule has 1 amide bonds. The lowest BCUT2D eigenvalue weighted by molar-refractivity contribution is -0.141. The Bertz CT molecular complexity index is 1160. The Morgan fingerprint density at radius 3 is 2.20 bits per heavy atom. The van der Waals surface area contributed by atoms with Gasteiger partial charge in [0, 0.05) is 57.4 Å². The van der Waals surface area contributed by atoms with Crippen LogP contribution in [0.3, 0.4) is 0 Å². The number of nitrogens with one attached hydrogen (secondary N) is 1. The van der Waals surface area contributed by atoms with Crippen LogP contribution in [-0.2, 0) is 17.1 Å². The van der Waals surface area contributed by atoms with Gasteiger partial charge < -0.3 is 15.1 Å². The molecular weight excluding hydrogens is 558 g/mol. The Kier molecular flexibility index (Phi) is 9.49. The molecule has 3 N–H and O–H groups in total. The van der Waals surface area contributed by atoms with Crippen LogP contribution in [0.4, 0.5) is 43.4 Å². The van der Waals surface area contributed by atoms with E-state index in [2.05, 4.69) is 15.2 Å². The quantitative estimate of drug-likeness (QED) is 0.301. The van der Waals surface area contributed by atoms with E-state index in [9.17, 15) is 31.1 Å². The SMILES string of the molecule is O=C(CCCN1CCN(c2ccc(C(F)(F)F)nc2)CC1)N1CCC(Nc2ccc(N(O)O)c(C(F)(F)F)c2)CC1. The largest absolute Gasteiger partial charge is 0.433 e. The Morgan fingerprint density at radius 2 is 1.63 bits per heavy atom. The van der Waals surface area contributed by atoms with Crippen molar-refractivity contribution in [3.8, 4) is 0 Å². The average Bonchev–Trinajstić information content (AvgIpc) is 2.93. The molecule has 0 spiro atoms. The smallest absolute Gasteiger partial charge is 0.382 e. The molecule has 2 aliphatic rings. The summed E-state index contributed by atoms with van der Waals surface area (Å²) < 4.78 is 78.1. The van der Waals surface area contributed by atoms with Gasteiger partial charge in [-0.15, -0.1) is 5.23 Å². The topological polar surface area (TPSA) is 95.4 Å². The Labute approximate surface area is 232 Å². The number of likely N-dealkylation sites (tertiary alicyclic amines) is 1. The van der Waals surface area contributed by atoms with Crippen LogP contribution in [0.2, 0.25) is 0 Å². The summed E-state index contributed by atoms with van der Waals surface area (Å²) in [6.45, 7) is 4.40. The van der Waals surface area contributed by atoms with Crippen LogP contribution in [0.1, 0.15) is 36.9 Å². The van der Waals surface area contributed by atoms with Gasteiger partial charge >= 0.3 is 12.4 Å². The highest BCUT2D eigenvalue weighted by Crippen LogP contribution is 2.38. The summed E-state index contributed by atoms with van der Waals surface area (Å²) in [6, 6.07) is 5.40. The molecule has 2 aliphatic heterocycles. The van der Waals surface area contributed by atoms with Gasteiger partial charge in [0.1, 0.15) is 11.4 Å². The predicted molar refractivity (Wildman–Crippen MR) is 138 cm³/mol. The van der Waals surface area contributed by atoms with Crippen molar-refractivity contribution in [1.82, 2.24) is 14.8 Å². The average molecular weight is 591 g/mol. The number of benzene rings is 1. The van der Waals surface area contributed by atoms with Crippen LogP contribution < -0.4 is 15.4 Å². The number of piperidine rings is 1. The van der Waals surface area contributed by atoms with E-state index in [1.54, 1.807) is 4.90 Å². The molecule has 0 atom stereocenters. The molecule has 0 unspecified atom stereocenters. The van der Waals surface area contributed by atoms with Crippen molar-refractivity contribution in [3.05, 3.63) is 47.8 Å². The zero-order chi connectivity index (χ0) is 29.8. The summed E-state index contributed by atoms with van der Waals surface area (Å²) in [5.74, 6) is 0.0209. The first kappa shape index (κ1) is 30.7. The van der Waals surface area contributed by atoms with E-state index in [1.165, 1.54) is 18.3 Å². The normalized spacial score (nSPS) is 17.6. The van der Waals surface area contributed by atoms with Gasteiger partial charge in [0.05, 0.1) is 17.4 Å². The fourth-order valence-electron chi connectivity index (χ4n) is 5.12. The lowest BCUT2D eigenvalue weighted by atomic mass is 10.0. The molecule has 41 heavy (non-hydrogen) atoms. The summed E-state index contributed by atoms with van der Waals surface area (Å²) in [6.07, 6.45) is -5.85. The molecule has 3 heterocycles. The number of piperazine rings is 1. The third-order valence-electron chi connectivity index (χ3n) is 7.38. The van der Waals surface area contributed by atoms with Gasteiger partial charge in [0.25, 0.3) is 0 Å². The number of anilines is 3. The third kappa shape index (κ3) is 8.14. The van der Waals surface area contributed by atoms with Crippen molar-refractivity contribution >= 4 is 23.0 Å². The van der Waals surface area contributed by atoms with Crippen molar-refractivity contribution < 1.29 is 41.6 Å². The second-order valence-corrected chi connectivity index (χ2v) is 10.2. The van der Waals surface area contributed by atoms with Gasteiger partial charge in [-0.1, -0.05) is 0 Å².